The third-order valence-corrected chi connectivity index (χ3v) is 8.85. The number of ether oxygens (including phenoxy) is 1. The molecule has 200 valence electrons. The van der Waals surface area contributed by atoms with Crippen molar-refractivity contribution in [2.75, 3.05) is 26.7 Å². The number of likely N-dealkylation sites (tertiary alicyclic amines) is 1. The SMILES string of the molecule is COc1ccc2ncc(F)c(CCN3CCC(C(Cc4ccc(C)cc4)N[S+]([O-])C(C)(C)C)CC3)c2n1. The first-order valence-corrected chi connectivity index (χ1v) is 14.2. The fourth-order valence-electron chi connectivity index (χ4n) is 4.87. The van der Waals surface area contributed by atoms with Crippen molar-refractivity contribution in [3.63, 3.8) is 0 Å². The van der Waals surface area contributed by atoms with Crippen LogP contribution in [0.2, 0.25) is 0 Å². The molecule has 0 bridgehead atoms. The number of pyridine rings is 2. The predicted octanol–water partition coefficient (Wildman–Crippen LogP) is 5.00. The zero-order valence-corrected chi connectivity index (χ0v) is 23.4. The lowest BCUT2D eigenvalue weighted by molar-refractivity contribution is 0.165. The van der Waals surface area contributed by atoms with Crippen molar-refractivity contribution < 1.29 is 13.7 Å². The molecule has 4 rings (SSSR count). The van der Waals surface area contributed by atoms with Gasteiger partial charge in [0.05, 0.1) is 30.4 Å². The van der Waals surface area contributed by atoms with Crippen LogP contribution in [0.4, 0.5) is 4.39 Å². The number of hydrogen-bond acceptors (Lipinski definition) is 6. The topological polar surface area (TPSA) is 73.3 Å². The average molecular weight is 527 g/mol. The monoisotopic (exact) mass is 526 g/mol. The van der Waals surface area contributed by atoms with E-state index < -0.39 is 11.4 Å². The second-order valence-electron chi connectivity index (χ2n) is 11.0. The molecule has 2 aromatic heterocycles. The molecule has 3 aromatic rings. The van der Waals surface area contributed by atoms with Crippen LogP contribution in [0.15, 0.2) is 42.6 Å². The van der Waals surface area contributed by atoms with Crippen molar-refractivity contribution in [3.8, 4) is 5.88 Å². The van der Waals surface area contributed by atoms with Gasteiger partial charge in [0.2, 0.25) is 5.88 Å². The van der Waals surface area contributed by atoms with Gasteiger partial charge in [-0.3, -0.25) is 4.98 Å². The number of hydrogen-bond donors (Lipinski definition) is 1. The van der Waals surface area contributed by atoms with Gasteiger partial charge < -0.3 is 14.2 Å². The number of methoxy groups -OCH3 is 1. The molecule has 1 aromatic carbocycles. The maximum Gasteiger partial charge on any atom is 0.213 e. The summed E-state index contributed by atoms with van der Waals surface area (Å²) in [6.45, 7) is 10.7. The summed E-state index contributed by atoms with van der Waals surface area (Å²) in [4.78, 5) is 11.0. The van der Waals surface area contributed by atoms with Gasteiger partial charge in [0.25, 0.3) is 0 Å². The first-order valence-electron chi connectivity index (χ1n) is 13.1. The minimum atomic E-state index is -1.13. The van der Waals surface area contributed by atoms with E-state index in [1.54, 1.807) is 13.2 Å². The minimum absolute atomic E-state index is 0.142. The number of nitrogens with zero attached hydrogens (tertiary/aromatic N) is 3. The van der Waals surface area contributed by atoms with E-state index in [2.05, 4.69) is 50.8 Å². The molecule has 6 nitrogen and oxygen atoms in total. The molecule has 2 unspecified atom stereocenters. The Morgan fingerprint density at radius 2 is 1.86 bits per heavy atom. The van der Waals surface area contributed by atoms with Crippen molar-refractivity contribution >= 4 is 22.4 Å². The molecular formula is C29H39FN4O2S. The molecule has 3 heterocycles. The summed E-state index contributed by atoms with van der Waals surface area (Å²) < 4.78 is 36.1. The van der Waals surface area contributed by atoms with Crippen molar-refractivity contribution in [1.82, 2.24) is 19.6 Å². The zero-order valence-electron chi connectivity index (χ0n) is 22.6. The van der Waals surface area contributed by atoms with E-state index in [0.717, 1.165) is 38.9 Å². The third-order valence-electron chi connectivity index (χ3n) is 7.22. The number of nitrogens with one attached hydrogen (secondary N) is 1. The van der Waals surface area contributed by atoms with Crippen LogP contribution in [0.1, 0.15) is 50.3 Å². The summed E-state index contributed by atoms with van der Waals surface area (Å²) in [7, 11) is 1.56. The Labute approximate surface area is 223 Å². The summed E-state index contributed by atoms with van der Waals surface area (Å²) in [6, 6.07) is 12.3. The standard InChI is InChI=1S/C29H39FN4O2S/c1-20-6-8-21(9-7-20)18-26(33-37(35)29(2,3)4)22-12-15-34(16-13-22)17-14-23-24(30)19-31-25-10-11-27(36-5)32-28(23)25/h6-11,19,22,26,33H,12-18H2,1-5H3. The van der Waals surface area contributed by atoms with Crippen LogP contribution in [0, 0.1) is 18.7 Å². The zero-order chi connectivity index (χ0) is 26.6. The van der Waals surface area contributed by atoms with Gasteiger partial charge in [-0.1, -0.05) is 29.8 Å². The number of halogens is 1. The first-order chi connectivity index (χ1) is 17.6. The van der Waals surface area contributed by atoms with E-state index in [1.165, 1.54) is 17.3 Å². The molecule has 37 heavy (non-hydrogen) atoms. The van der Waals surface area contributed by atoms with Gasteiger partial charge in [-0.15, -0.1) is 4.72 Å². The van der Waals surface area contributed by atoms with E-state index >= 15 is 0 Å². The van der Waals surface area contributed by atoms with Gasteiger partial charge in [-0.25, -0.2) is 9.37 Å². The molecule has 0 radical (unpaired) electrons. The van der Waals surface area contributed by atoms with Crippen molar-refractivity contribution in [2.24, 2.45) is 5.92 Å². The van der Waals surface area contributed by atoms with Crippen LogP contribution in [0.5, 0.6) is 5.88 Å². The third kappa shape index (κ3) is 7.19. The van der Waals surface area contributed by atoms with Crippen LogP contribution >= 0.6 is 0 Å². The molecule has 1 aliphatic rings. The summed E-state index contributed by atoms with van der Waals surface area (Å²) in [5, 5.41) is 0. The molecule has 0 amide bonds. The second kappa shape index (κ2) is 12.1. The number of aromatic nitrogens is 2. The van der Waals surface area contributed by atoms with Crippen LogP contribution in [0.3, 0.4) is 0 Å². The summed E-state index contributed by atoms with van der Waals surface area (Å²) in [5.74, 6) is 0.560. The molecule has 8 heteroatoms. The molecule has 1 fully saturated rings. The second-order valence-corrected chi connectivity index (χ2v) is 13.0. The number of rotatable bonds is 9. The molecule has 1 N–H and O–H groups in total. The lowest BCUT2D eigenvalue weighted by atomic mass is 9.86. The molecule has 1 aliphatic heterocycles. The fraction of sp³-hybridized carbons (Fsp3) is 0.517. The first kappa shape index (κ1) is 27.8. The highest BCUT2D eigenvalue weighted by atomic mass is 32.2. The Hall–Kier alpha value is -2.26. The number of benzene rings is 1. The minimum Gasteiger partial charge on any atom is -0.598 e. The lowest BCUT2D eigenvalue weighted by Crippen LogP contribution is -2.50. The smallest absolute Gasteiger partial charge is 0.213 e. The Morgan fingerprint density at radius 3 is 2.51 bits per heavy atom. The van der Waals surface area contributed by atoms with E-state index in [-0.39, 0.29) is 16.6 Å². The number of piperidine rings is 1. The number of aryl methyl sites for hydroxylation is 1. The van der Waals surface area contributed by atoms with Gasteiger partial charge in [-0.2, -0.15) is 0 Å². The normalized spacial score (nSPS) is 17.2. The Balaban J connectivity index is 1.40. The Kier molecular flexibility index (Phi) is 9.06. The maximum absolute atomic E-state index is 14.7. The van der Waals surface area contributed by atoms with Gasteiger partial charge >= 0.3 is 0 Å². The van der Waals surface area contributed by atoms with Crippen molar-refractivity contribution in [1.29, 1.82) is 0 Å². The Morgan fingerprint density at radius 1 is 1.16 bits per heavy atom. The van der Waals surface area contributed by atoms with E-state index in [4.69, 9.17) is 4.74 Å². The van der Waals surface area contributed by atoms with E-state index in [1.807, 2.05) is 26.8 Å². The van der Waals surface area contributed by atoms with Crippen molar-refractivity contribution in [2.45, 2.75) is 64.2 Å². The fourth-order valence-corrected chi connectivity index (χ4v) is 5.78. The molecule has 2 atom stereocenters. The van der Waals surface area contributed by atoms with Crippen LogP contribution in [-0.4, -0.2) is 57.0 Å². The molecule has 0 aliphatic carbocycles. The van der Waals surface area contributed by atoms with Gasteiger partial charge in [-0.05, 0) is 84.0 Å². The summed E-state index contributed by atoms with van der Waals surface area (Å²) in [6.07, 6.45) is 4.73. The molecular weight excluding hydrogens is 487 g/mol. The summed E-state index contributed by atoms with van der Waals surface area (Å²) in [5.41, 5.74) is 4.34. The largest absolute Gasteiger partial charge is 0.598 e. The maximum atomic E-state index is 14.7. The van der Waals surface area contributed by atoms with Crippen LogP contribution in [0.25, 0.3) is 11.0 Å². The van der Waals surface area contributed by atoms with Crippen LogP contribution < -0.4 is 9.46 Å². The Bertz CT molecular complexity index is 1180. The van der Waals surface area contributed by atoms with Gasteiger partial charge in [0.15, 0.2) is 0 Å². The highest BCUT2D eigenvalue weighted by Gasteiger charge is 2.34. The van der Waals surface area contributed by atoms with E-state index in [9.17, 15) is 8.94 Å². The molecule has 0 spiro atoms. The molecule has 0 saturated carbocycles. The highest BCUT2D eigenvalue weighted by Crippen LogP contribution is 2.27. The van der Waals surface area contributed by atoms with E-state index in [0.29, 0.717) is 34.8 Å². The number of fused-ring (bicyclic) bond motifs is 1. The highest BCUT2D eigenvalue weighted by molar-refractivity contribution is 7.90. The summed E-state index contributed by atoms with van der Waals surface area (Å²) >= 11 is -1.13. The predicted molar refractivity (Wildman–Crippen MR) is 149 cm³/mol. The van der Waals surface area contributed by atoms with Crippen LogP contribution in [-0.2, 0) is 24.2 Å². The van der Waals surface area contributed by atoms with Crippen molar-refractivity contribution in [3.05, 3.63) is 65.1 Å². The molecule has 1 saturated heterocycles. The van der Waals surface area contributed by atoms with Gasteiger partial charge in [0.1, 0.15) is 10.6 Å². The lowest BCUT2D eigenvalue weighted by Gasteiger charge is -2.37. The van der Waals surface area contributed by atoms with Gasteiger partial charge in [0, 0.05) is 29.5 Å². The average Bonchev–Trinajstić information content (AvgIpc) is 2.88. The quantitative estimate of drug-likeness (QED) is 0.396.